The van der Waals surface area contributed by atoms with Crippen molar-refractivity contribution in [3.8, 4) is 0 Å². The fourth-order valence-electron chi connectivity index (χ4n) is 2.86. The van der Waals surface area contributed by atoms with Gasteiger partial charge in [-0.1, -0.05) is 6.07 Å². The lowest BCUT2D eigenvalue weighted by atomic mass is 10.0. The zero-order valence-electron chi connectivity index (χ0n) is 15.6. The Morgan fingerprint density at radius 2 is 1.88 bits per heavy atom. The fourth-order valence-corrected chi connectivity index (χ4v) is 2.86. The lowest BCUT2D eigenvalue weighted by Crippen LogP contribution is -2.47. The molecule has 2 rings (SSSR count). The second-order valence-electron chi connectivity index (χ2n) is 7.42. The van der Waals surface area contributed by atoms with E-state index in [1.165, 1.54) is 12.1 Å². The van der Waals surface area contributed by atoms with Crippen molar-refractivity contribution in [1.29, 1.82) is 0 Å². The first kappa shape index (κ1) is 19.7. The van der Waals surface area contributed by atoms with Crippen LogP contribution in [0.1, 0.15) is 49.5 Å². The van der Waals surface area contributed by atoms with Crippen LogP contribution in [0.2, 0.25) is 0 Å². The first-order valence-corrected chi connectivity index (χ1v) is 8.61. The summed E-state index contributed by atoms with van der Waals surface area (Å²) in [6, 6.07) is 4.38. The Kier molecular flexibility index (Phi) is 5.84. The van der Waals surface area contributed by atoms with Crippen molar-refractivity contribution in [2.24, 2.45) is 0 Å². The number of nitro benzene ring substituents is 1. The number of carbonyl (C=O) groups excluding carboxylic acids is 2. The molecule has 0 atom stereocenters. The van der Waals surface area contributed by atoms with Crippen molar-refractivity contribution in [2.45, 2.75) is 52.2 Å². The Bertz CT molecular complexity index is 703. The van der Waals surface area contributed by atoms with Gasteiger partial charge in [-0.05, 0) is 46.6 Å². The number of piperidine rings is 1. The molecule has 0 spiro atoms. The minimum atomic E-state index is -0.540. The molecule has 1 aromatic carbocycles. The number of carbonyl (C=O) groups is 2. The van der Waals surface area contributed by atoms with Crippen LogP contribution < -0.4 is 5.32 Å². The average Bonchev–Trinajstić information content (AvgIpc) is 2.53. The van der Waals surface area contributed by atoms with Gasteiger partial charge in [0.25, 0.3) is 11.6 Å². The number of likely N-dealkylation sites (tertiary alicyclic amines) is 1. The summed E-state index contributed by atoms with van der Waals surface area (Å²) in [6.07, 6.45) is 0.870. The molecular formula is C18H25N3O5. The molecule has 1 fully saturated rings. The van der Waals surface area contributed by atoms with E-state index in [2.05, 4.69) is 5.32 Å². The van der Waals surface area contributed by atoms with E-state index in [0.717, 1.165) is 0 Å². The van der Waals surface area contributed by atoms with Gasteiger partial charge in [0.2, 0.25) is 0 Å². The number of amides is 2. The quantitative estimate of drug-likeness (QED) is 0.657. The maximum atomic E-state index is 12.5. The Morgan fingerprint density at radius 1 is 1.27 bits per heavy atom. The smallest absolute Gasteiger partial charge is 0.410 e. The third kappa shape index (κ3) is 4.93. The Hall–Kier alpha value is -2.64. The van der Waals surface area contributed by atoms with Crippen LogP contribution in [0.5, 0.6) is 0 Å². The third-order valence-electron chi connectivity index (χ3n) is 4.23. The number of ether oxygens (including phenoxy) is 1. The molecule has 0 bridgehead atoms. The number of benzene rings is 1. The SMILES string of the molecule is Cc1c(C(=O)NC2CCN(C(=O)OC(C)(C)C)CC2)cccc1[N+](=O)[O-]. The van der Waals surface area contributed by atoms with Crippen LogP contribution >= 0.6 is 0 Å². The van der Waals surface area contributed by atoms with E-state index in [1.54, 1.807) is 17.9 Å². The van der Waals surface area contributed by atoms with E-state index in [4.69, 9.17) is 4.74 Å². The van der Waals surface area contributed by atoms with Crippen LogP contribution in [0.4, 0.5) is 10.5 Å². The van der Waals surface area contributed by atoms with Gasteiger partial charge in [0.15, 0.2) is 0 Å². The maximum Gasteiger partial charge on any atom is 0.410 e. The van der Waals surface area contributed by atoms with Crippen molar-refractivity contribution in [2.75, 3.05) is 13.1 Å². The van der Waals surface area contributed by atoms with Gasteiger partial charge in [0.1, 0.15) is 5.60 Å². The minimum Gasteiger partial charge on any atom is -0.444 e. The van der Waals surface area contributed by atoms with Crippen molar-refractivity contribution < 1.29 is 19.2 Å². The molecule has 1 aliphatic rings. The number of nitrogens with one attached hydrogen (secondary N) is 1. The van der Waals surface area contributed by atoms with E-state index in [9.17, 15) is 19.7 Å². The topological polar surface area (TPSA) is 102 Å². The molecule has 142 valence electrons. The van der Waals surface area contributed by atoms with E-state index in [-0.39, 0.29) is 23.7 Å². The van der Waals surface area contributed by atoms with Gasteiger partial charge in [0.05, 0.1) is 4.92 Å². The molecule has 0 aliphatic carbocycles. The summed E-state index contributed by atoms with van der Waals surface area (Å²) in [4.78, 5) is 36.7. The molecule has 0 unspecified atom stereocenters. The molecule has 0 saturated carbocycles. The van der Waals surface area contributed by atoms with Crippen LogP contribution in [-0.2, 0) is 4.74 Å². The monoisotopic (exact) mass is 363 g/mol. The molecule has 1 aliphatic heterocycles. The van der Waals surface area contributed by atoms with Crippen LogP contribution in [0.25, 0.3) is 0 Å². The Morgan fingerprint density at radius 3 is 2.42 bits per heavy atom. The molecular weight excluding hydrogens is 338 g/mol. The van der Waals surface area contributed by atoms with Gasteiger partial charge < -0.3 is 15.0 Å². The highest BCUT2D eigenvalue weighted by molar-refractivity contribution is 5.96. The Balaban J connectivity index is 1.94. The normalized spacial score (nSPS) is 15.5. The Labute approximate surface area is 152 Å². The summed E-state index contributed by atoms with van der Waals surface area (Å²) in [5.74, 6) is -0.332. The zero-order chi connectivity index (χ0) is 19.5. The molecule has 1 N–H and O–H groups in total. The highest BCUT2D eigenvalue weighted by atomic mass is 16.6. The molecule has 8 heteroatoms. The van der Waals surface area contributed by atoms with E-state index >= 15 is 0 Å². The van der Waals surface area contributed by atoms with Crippen LogP contribution in [0.3, 0.4) is 0 Å². The van der Waals surface area contributed by atoms with Crippen LogP contribution in [0.15, 0.2) is 18.2 Å². The molecule has 1 heterocycles. The summed E-state index contributed by atoms with van der Waals surface area (Å²) in [5.41, 5.74) is 0.0363. The van der Waals surface area contributed by atoms with Gasteiger partial charge in [-0.25, -0.2) is 4.79 Å². The first-order valence-electron chi connectivity index (χ1n) is 8.61. The predicted molar refractivity (Wildman–Crippen MR) is 96.1 cm³/mol. The van der Waals surface area contributed by atoms with E-state index in [0.29, 0.717) is 37.1 Å². The highest BCUT2D eigenvalue weighted by Crippen LogP contribution is 2.22. The second kappa shape index (κ2) is 7.72. The highest BCUT2D eigenvalue weighted by Gasteiger charge is 2.28. The standard InChI is InChI=1S/C18H25N3O5/c1-12-14(6-5-7-15(12)21(24)25)16(22)19-13-8-10-20(11-9-13)17(23)26-18(2,3)4/h5-7,13H,8-11H2,1-4H3,(H,19,22). The number of hydrogen-bond donors (Lipinski definition) is 1. The summed E-state index contributed by atoms with van der Waals surface area (Å²) >= 11 is 0. The van der Waals surface area contributed by atoms with Crippen molar-refractivity contribution in [3.05, 3.63) is 39.4 Å². The number of nitro groups is 1. The number of nitrogens with zero attached hydrogens (tertiary/aromatic N) is 2. The molecule has 1 saturated heterocycles. The van der Waals surface area contributed by atoms with Gasteiger partial charge in [0, 0.05) is 36.3 Å². The molecule has 26 heavy (non-hydrogen) atoms. The molecule has 2 amide bonds. The average molecular weight is 363 g/mol. The lowest BCUT2D eigenvalue weighted by Gasteiger charge is -2.33. The van der Waals surface area contributed by atoms with Crippen LogP contribution in [0, 0.1) is 17.0 Å². The fraction of sp³-hybridized carbons (Fsp3) is 0.556. The molecule has 8 nitrogen and oxygen atoms in total. The van der Waals surface area contributed by atoms with Gasteiger partial charge in [-0.15, -0.1) is 0 Å². The zero-order valence-corrected chi connectivity index (χ0v) is 15.6. The molecule has 0 aromatic heterocycles. The number of rotatable bonds is 3. The summed E-state index contributed by atoms with van der Waals surface area (Å²) in [6.45, 7) is 8.01. The number of hydrogen-bond acceptors (Lipinski definition) is 5. The van der Waals surface area contributed by atoms with Crippen molar-refractivity contribution >= 4 is 17.7 Å². The second-order valence-corrected chi connectivity index (χ2v) is 7.42. The van der Waals surface area contributed by atoms with Crippen molar-refractivity contribution in [1.82, 2.24) is 10.2 Å². The first-order chi connectivity index (χ1) is 12.1. The molecule has 0 radical (unpaired) electrons. The van der Waals surface area contributed by atoms with Crippen LogP contribution in [-0.4, -0.2) is 46.6 Å². The maximum absolute atomic E-state index is 12.5. The predicted octanol–water partition coefficient (Wildman–Crippen LogP) is 3.03. The van der Waals surface area contributed by atoms with Gasteiger partial charge in [-0.2, -0.15) is 0 Å². The molecule has 1 aromatic rings. The van der Waals surface area contributed by atoms with E-state index in [1.807, 2.05) is 20.8 Å². The van der Waals surface area contributed by atoms with Crippen molar-refractivity contribution in [3.63, 3.8) is 0 Å². The van der Waals surface area contributed by atoms with Gasteiger partial charge in [-0.3, -0.25) is 14.9 Å². The minimum absolute atomic E-state index is 0.0719. The largest absolute Gasteiger partial charge is 0.444 e. The van der Waals surface area contributed by atoms with E-state index < -0.39 is 10.5 Å². The third-order valence-corrected chi connectivity index (χ3v) is 4.23. The van der Waals surface area contributed by atoms with Gasteiger partial charge >= 0.3 is 6.09 Å². The summed E-state index contributed by atoms with van der Waals surface area (Å²) in [7, 11) is 0. The summed E-state index contributed by atoms with van der Waals surface area (Å²) in [5, 5.41) is 13.9. The lowest BCUT2D eigenvalue weighted by molar-refractivity contribution is -0.385. The summed E-state index contributed by atoms with van der Waals surface area (Å²) < 4.78 is 5.35.